The van der Waals surface area contributed by atoms with E-state index in [-0.39, 0.29) is 18.7 Å². The number of esters is 1. The van der Waals surface area contributed by atoms with Gasteiger partial charge in [-0.15, -0.1) is 0 Å². The summed E-state index contributed by atoms with van der Waals surface area (Å²) < 4.78 is 10.9. The molecule has 198 valence electrons. The van der Waals surface area contributed by atoms with Crippen LogP contribution in [0.4, 0.5) is 5.69 Å². The summed E-state index contributed by atoms with van der Waals surface area (Å²) in [5.41, 5.74) is 7.51. The summed E-state index contributed by atoms with van der Waals surface area (Å²) in [7, 11) is 0. The molecule has 0 aliphatic rings. The summed E-state index contributed by atoms with van der Waals surface area (Å²) in [5, 5.41) is 2.71. The number of nitrogens with one attached hydrogen (secondary N) is 3. The van der Waals surface area contributed by atoms with Crippen LogP contribution in [0.15, 0.2) is 72.8 Å². The van der Waals surface area contributed by atoms with E-state index in [4.69, 9.17) is 9.47 Å². The monoisotopic (exact) mass is 517 g/mol. The number of hydrazine groups is 1. The Morgan fingerprint density at radius 1 is 0.816 bits per heavy atom. The number of carbonyl (C=O) groups excluding carboxylic acids is 4. The van der Waals surface area contributed by atoms with Gasteiger partial charge in [-0.3, -0.25) is 30.0 Å². The van der Waals surface area contributed by atoms with Crippen LogP contribution in [0.1, 0.15) is 54.1 Å². The molecule has 3 rings (SSSR count). The third kappa shape index (κ3) is 8.77. The predicted molar refractivity (Wildman–Crippen MR) is 143 cm³/mol. The van der Waals surface area contributed by atoms with Crippen LogP contribution in [-0.4, -0.2) is 30.3 Å². The van der Waals surface area contributed by atoms with Crippen LogP contribution in [0.25, 0.3) is 0 Å². The molecule has 9 nitrogen and oxygen atoms in total. The molecule has 0 saturated heterocycles. The third-order valence-corrected chi connectivity index (χ3v) is 5.43. The van der Waals surface area contributed by atoms with Crippen LogP contribution in [0.2, 0.25) is 0 Å². The molecular weight excluding hydrogens is 486 g/mol. The molecule has 3 N–H and O–H groups in total. The summed E-state index contributed by atoms with van der Waals surface area (Å²) >= 11 is 0. The van der Waals surface area contributed by atoms with E-state index in [1.807, 2.05) is 13.0 Å². The van der Waals surface area contributed by atoms with E-state index in [1.54, 1.807) is 54.6 Å². The molecule has 3 aromatic rings. The van der Waals surface area contributed by atoms with E-state index in [0.717, 1.165) is 16.9 Å². The molecule has 3 aromatic carbocycles. The van der Waals surface area contributed by atoms with E-state index >= 15 is 0 Å². The van der Waals surface area contributed by atoms with Crippen LogP contribution >= 0.6 is 0 Å². The van der Waals surface area contributed by atoms with Gasteiger partial charge in [0.1, 0.15) is 11.5 Å². The van der Waals surface area contributed by atoms with Crippen LogP contribution in [0.3, 0.4) is 0 Å². The lowest BCUT2D eigenvalue weighted by Gasteiger charge is -2.15. The topological polar surface area (TPSA) is 123 Å². The minimum absolute atomic E-state index is 0.121. The highest BCUT2D eigenvalue weighted by molar-refractivity contribution is 5.95. The van der Waals surface area contributed by atoms with Crippen molar-refractivity contribution in [2.24, 2.45) is 0 Å². The fraction of sp³-hybridized carbons (Fsp3) is 0.241. The second-order valence-corrected chi connectivity index (χ2v) is 8.90. The fourth-order valence-electron chi connectivity index (χ4n) is 3.42. The van der Waals surface area contributed by atoms with Crippen molar-refractivity contribution in [3.8, 4) is 11.5 Å². The Hall–Kier alpha value is -4.66. The summed E-state index contributed by atoms with van der Waals surface area (Å²) in [6, 6.07) is 21.4. The zero-order valence-corrected chi connectivity index (χ0v) is 21.6. The molecule has 0 spiro atoms. The Morgan fingerprint density at radius 2 is 1.53 bits per heavy atom. The van der Waals surface area contributed by atoms with Crippen LogP contribution < -0.4 is 20.9 Å². The van der Waals surface area contributed by atoms with E-state index in [0.29, 0.717) is 22.9 Å². The molecule has 9 heteroatoms. The average Bonchev–Trinajstić information content (AvgIpc) is 2.90. The van der Waals surface area contributed by atoms with Gasteiger partial charge in [-0.1, -0.05) is 44.2 Å². The van der Waals surface area contributed by atoms with Gasteiger partial charge in [-0.05, 0) is 66.4 Å². The Morgan fingerprint density at radius 3 is 2.21 bits per heavy atom. The molecule has 0 heterocycles. The van der Waals surface area contributed by atoms with Crippen LogP contribution in [-0.2, 0) is 19.1 Å². The Balaban J connectivity index is 1.37. The smallest absolute Gasteiger partial charge is 0.306 e. The van der Waals surface area contributed by atoms with Crippen molar-refractivity contribution in [2.75, 3.05) is 11.9 Å². The first kappa shape index (κ1) is 27.9. The molecule has 0 aliphatic carbocycles. The minimum Gasteiger partial charge on any atom is -0.457 e. The van der Waals surface area contributed by atoms with Gasteiger partial charge in [-0.25, -0.2) is 0 Å². The van der Waals surface area contributed by atoms with Crippen molar-refractivity contribution in [2.45, 2.75) is 39.5 Å². The standard InChI is InChI=1S/C29H31N3O6/c1-19(2)24-14-9-20(3)17-25(24)38-23-12-10-22(11-13-23)30-26(33)15-16-28(35)37-18-27(34)31-32-29(36)21-7-5-4-6-8-21/h4-14,17,19H,15-16,18H2,1-3H3,(H,30,33)(H,31,34)(H,32,36). The van der Waals surface area contributed by atoms with Crippen molar-refractivity contribution in [1.29, 1.82) is 0 Å². The zero-order chi connectivity index (χ0) is 27.5. The first-order valence-electron chi connectivity index (χ1n) is 12.2. The molecule has 0 unspecified atom stereocenters. The van der Waals surface area contributed by atoms with Gasteiger partial charge in [-0.2, -0.15) is 0 Å². The summed E-state index contributed by atoms with van der Waals surface area (Å²) in [6.07, 6.45) is -0.327. The van der Waals surface area contributed by atoms with E-state index in [1.165, 1.54) is 0 Å². The highest BCUT2D eigenvalue weighted by Crippen LogP contribution is 2.32. The molecule has 3 amide bonds. The zero-order valence-electron chi connectivity index (χ0n) is 21.6. The highest BCUT2D eigenvalue weighted by Gasteiger charge is 2.13. The average molecular weight is 518 g/mol. The maximum atomic E-state index is 12.2. The maximum Gasteiger partial charge on any atom is 0.306 e. The SMILES string of the molecule is Cc1ccc(C(C)C)c(Oc2ccc(NC(=O)CCC(=O)OCC(=O)NNC(=O)c3ccccc3)cc2)c1. The largest absolute Gasteiger partial charge is 0.457 e. The number of anilines is 1. The molecule has 0 saturated carbocycles. The molecular formula is C29H31N3O6. The first-order chi connectivity index (χ1) is 18.2. The minimum atomic E-state index is -0.715. The van der Waals surface area contributed by atoms with Gasteiger partial charge in [0.15, 0.2) is 6.61 Å². The number of aryl methyl sites for hydroxylation is 1. The number of benzene rings is 3. The second-order valence-electron chi connectivity index (χ2n) is 8.90. The van der Waals surface area contributed by atoms with Crippen molar-refractivity contribution in [1.82, 2.24) is 10.9 Å². The number of carbonyl (C=O) groups is 4. The second kappa shape index (κ2) is 13.6. The Bertz CT molecular complexity index is 1270. The summed E-state index contributed by atoms with van der Waals surface area (Å²) in [5.74, 6) is -0.563. The van der Waals surface area contributed by atoms with Gasteiger partial charge in [0.2, 0.25) is 5.91 Å². The molecule has 0 bridgehead atoms. The van der Waals surface area contributed by atoms with E-state index in [9.17, 15) is 19.2 Å². The number of hydrogen-bond acceptors (Lipinski definition) is 6. The van der Waals surface area contributed by atoms with Crippen molar-refractivity contribution in [3.63, 3.8) is 0 Å². The van der Waals surface area contributed by atoms with Crippen molar-refractivity contribution < 1.29 is 28.7 Å². The number of amides is 3. The number of ether oxygens (including phenoxy) is 2. The predicted octanol–water partition coefficient (Wildman–Crippen LogP) is 4.63. The number of rotatable bonds is 10. The molecule has 0 aliphatic heterocycles. The first-order valence-corrected chi connectivity index (χ1v) is 12.2. The summed E-state index contributed by atoms with van der Waals surface area (Å²) in [6.45, 7) is 5.63. The van der Waals surface area contributed by atoms with E-state index in [2.05, 4.69) is 42.1 Å². The normalized spacial score (nSPS) is 10.4. The van der Waals surface area contributed by atoms with Crippen molar-refractivity contribution >= 4 is 29.4 Å². The van der Waals surface area contributed by atoms with Gasteiger partial charge >= 0.3 is 5.97 Å². The molecule has 0 atom stereocenters. The molecule has 38 heavy (non-hydrogen) atoms. The molecule has 0 radical (unpaired) electrons. The summed E-state index contributed by atoms with van der Waals surface area (Å²) in [4.78, 5) is 47.8. The Labute approximate surface area is 221 Å². The quantitative estimate of drug-likeness (QED) is 0.266. The molecule has 0 aromatic heterocycles. The highest BCUT2D eigenvalue weighted by atomic mass is 16.5. The van der Waals surface area contributed by atoms with Crippen LogP contribution in [0.5, 0.6) is 11.5 Å². The van der Waals surface area contributed by atoms with Crippen LogP contribution in [0, 0.1) is 6.92 Å². The van der Waals surface area contributed by atoms with E-state index < -0.39 is 24.4 Å². The molecule has 0 fully saturated rings. The lowest BCUT2D eigenvalue weighted by Crippen LogP contribution is -2.43. The fourth-order valence-corrected chi connectivity index (χ4v) is 3.42. The van der Waals surface area contributed by atoms with Crippen molar-refractivity contribution in [3.05, 3.63) is 89.5 Å². The lowest BCUT2D eigenvalue weighted by atomic mass is 10.0. The van der Waals surface area contributed by atoms with Gasteiger partial charge in [0.25, 0.3) is 11.8 Å². The lowest BCUT2D eigenvalue weighted by molar-refractivity contribution is -0.149. The Kier molecular flexibility index (Phi) is 9.99. The van der Waals surface area contributed by atoms with Gasteiger partial charge in [0, 0.05) is 17.7 Å². The maximum absolute atomic E-state index is 12.2. The number of hydrogen-bond donors (Lipinski definition) is 3. The van der Waals surface area contributed by atoms with Gasteiger partial charge in [0.05, 0.1) is 6.42 Å². The third-order valence-electron chi connectivity index (χ3n) is 5.43. The van der Waals surface area contributed by atoms with Gasteiger partial charge < -0.3 is 14.8 Å².